The summed E-state index contributed by atoms with van der Waals surface area (Å²) >= 11 is 0. The fourth-order valence-electron chi connectivity index (χ4n) is 3.10. The van der Waals surface area contributed by atoms with E-state index < -0.39 is 5.54 Å². The molecular weight excluding hydrogens is 290 g/mol. The zero-order chi connectivity index (χ0) is 16.7. The molecule has 0 spiro atoms. The van der Waals surface area contributed by atoms with E-state index in [2.05, 4.69) is 41.6 Å². The minimum Gasteiger partial charge on any atom is -0.394 e. The van der Waals surface area contributed by atoms with Gasteiger partial charge in [-0.2, -0.15) is 0 Å². The van der Waals surface area contributed by atoms with E-state index in [1.165, 1.54) is 5.56 Å². The number of hydrogen-bond donors (Lipinski definition) is 3. The third-order valence-corrected chi connectivity index (χ3v) is 4.68. The molecule has 0 saturated heterocycles. The Morgan fingerprint density at radius 2 is 2.00 bits per heavy atom. The van der Waals surface area contributed by atoms with E-state index in [0.717, 1.165) is 44.3 Å². The van der Waals surface area contributed by atoms with Crippen molar-refractivity contribution in [1.29, 1.82) is 0 Å². The predicted octanol–water partition coefficient (Wildman–Crippen LogP) is 2.24. The van der Waals surface area contributed by atoms with Crippen LogP contribution in [0.4, 0.5) is 4.79 Å². The van der Waals surface area contributed by atoms with Gasteiger partial charge in [-0.25, -0.2) is 4.79 Å². The molecule has 1 fully saturated rings. The van der Waals surface area contributed by atoms with Crippen LogP contribution in [0.2, 0.25) is 0 Å². The molecule has 1 aromatic carbocycles. The van der Waals surface area contributed by atoms with Crippen molar-refractivity contribution in [2.24, 2.45) is 0 Å². The highest BCUT2D eigenvalue weighted by Gasteiger charge is 2.34. The van der Waals surface area contributed by atoms with Crippen LogP contribution in [0.3, 0.4) is 0 Å². The van der Waals surface area contributed by atoms with E-state index in [4.69, 9.17) is 0 Å². The molecule has 1 aliphatic carbocycles. The van der Waals surface area contributed by atoms with Gasteiger partial charge in [0.05, 0.1) is 12.1 Å². The Kier molecular flexibility index (Phi) is 6.42. The molecule has 1 aromatic rings. The van der Waals surface area contributed by atoms with Crippen molar-refractivity contribution in [2.75, 3.05) is 20.2 Å². The monoisotopic (exact) mass is 319 g/mol. The molecule has 1 saturated carbocycles. The number of carbonyl (C=O) groups excluding carboxylic acids is 1. The molecule has 23 heavy (non-hydrogen) atoms. The molecule has 2 amide bonds. The van der Waals surface area contributed by atoms with Gasteiger partial charge in [0.25, 0.3) is 0 Å². The van der Waals surface area contributed by atoms with E-state index in [1.807, 2.05) is 12.1 Å². The number of rotatable bonds is 7. The molecular formula is C18H29N3O2. The van der Waals surface area contributed by atoms with Crippen LogP contribution in [0.25, 0.3) is 0 Å². The number of amides is 2. The third kappa shape index (κ3) is 5.22. The number of nitrogens with one attached hydrogen (secondary N) is 2. The molecule has 0 aliphatic heterocycles. The number of aliphatic hydroxyl groups excluding tert-OH is 1. The highest BCUT2D eigenvalue weighted by atomic mass is 16.3. The van der Waals surface area contributed by atoms with Crippen LogP contribution in [-0.4, -0.2) is 41.8 Å². The summed E-state index contributed by atoms with van der Waals surface area (Å²) in [6, 6.07) is 8.09. The Hall–Kier alpha value is -1.59. The van der Waals surface area contributed by atoms with Crippen LogP contribution in [0.1, 0.15) is 43.7 Å². The summed E-state index contributed by atoms with van der Waals surface area (Å²) < 4.78 is 0. The molecule has 1 aliphatic rings. The maximum Gasteiger partial charge on any atom is 0.315 e. The predicted molar refractivity (Wildman–Crippen MR) is 92.1 cm³/mol. The average Bonchev–Trinajstić information content (AvgIpc) is 3.02. The number of benzene rings is 1. The van der Waals surface area contributed by atoms with Crippen LogP contribution in [0.15, 0.2) is 24.3 Å². The van der Waals surface area contributed by atoms with Gasteiger partial charge in [0.2, 0.25) is 0 Å². The highest BCUT2D eigenvalue weighted by molar-refractivity contribution is 5.74. The van der Waals surface area contributed by atoms with Gasteiger partial charge in [-0.3, -0.25) is 0 Å². The topological polar surface area (TPSA) is 64.6 Å². The maximum atomic E-state index is 12.1. The molecule has 2 rings (SSSR count). The second-order valence-corrected chi connectivity index (χ2v) is 6.60. The van der Waals surface area contributed by atoms with Crippen LogP contribution in [-0.2, 0) is 13.1 Å². The van der Waals surface area contributed by atoms with Crippen molar-refractivity contribution in [3.8, 4) is 0 Å². The summed E-state index contributed by atoms with van der Waals surface area (Å²) in [5.74, 6) is 0. The van der Waals surface area contributed by atoms with Gasteiger partial charge >= 0.3 is 6.03 Å². The summed E-state index contributed by atoms with van der Waals surface area (Å²) in [5, 5.41) is 15.4. The number of aliphatic hydroxyl groups is 1. The quantitative estimate of drug-likeness (QED) is 0.722. The molecule has 0 aromatic heterocycles. The molecule has 0 heterocycles. The normalized spacial score (nSPS) is 16.5. The summed E-state index contributed by atoms with van der Waals surface area (Å²) in [4.78, 5) is 14.3. The van der Waals surface area contributed by atoms with Gasteiger partial charge in [-0.15, -0.1) is 0 Å². The summed E-state index contributed by atoms with van der Waals surface area (Å²) in [5.41, 5.74) is 1.92. The lowest BCUT2D eigenvalue weighted by atomic mass is 9.99. The largest absolute Gasteiger partial charge is 0.394 e. The fraction of sp³-hybridized carbons (Fsp3) is 0.611. The first-order valence-corrected chi connectivity index (χ1v) is 8.50. The van der Waals surface area contributed by atoms with Gasteiger partial charge in [-0.05, 0) is 37.6 Å². The summed E-state index contributed by atoms with van der Waals surface area (Å²) in [6.07, 6.45) is 3.84. The first kappa shape index (κ1) is 17.8. The van der Waals surface area contributed by atoms with Gasteiger partial charge in [0.15, 0.2) is 0 Å². The Morgan fingerprint density at radius 3 is 2.65 bits per heavy atom. The van der Waals surface area contributed by atoms with Crippen molar-refractivity contribution in [3.05, 3.63) is 35.4 Å². The third-order valence-electron chi connectivity index (χ3n) is 4.68. The van der Waals surface area contributed by atoms with Gasteiger partial charge in [0, 0.05) is 13.1 Å². The van der Waals surface area contributed by atoms with E-state index >= 15 is 0 Å². The second-order valence-electron chi connectivity index (χ2n) is 6.60. The molecule has 5 nitrogen and oxygen atoms in total. The molecule has 5 heteroatoms. The van der Waals surface area contributed by atoms with Gasteiger partial charge in [0.1, 0.15) is 0 Å². The highest BCUT2D eigenvalue weighted by Crippen LogP contribution is 2.28. The maximum absolute atomic E-state index is 12.1. The fourth-order valence-corrected chi connectivity index (χ4v) is 3.10. The van der Waals surface area contributed by atoms with Crippen molar-refractivity contribution in [1.82, 2.24) is 15.5 Å². The van der Waals surface area contributed by atoms with Crippen molar-refractivity contribution in [2.45, 2.75) is 51.2 Å². The number of hydrogen-bond acceptors (Lipinski definition) is 3. The Bertz CT molecular complexity index is 513. The van der Waals surface area contributed by atoms with Crippen LogP contribution in [0, 0.1) is 0 Å². The minimum absolute atomic E-state index is 0.0132. The Labute approximate surface area is 139 Å². The second kappa shape index (κ2) is 8.31. The molecule has 3 N–H and O–H groups in total. The first-order chi connectivity index (χ1) is 11.1. The Balaban J connectivity index is 1.85. The van der Waals surface area contributed by atoms with Crippen molar-refractivity contribution < 1.29 is 9.90 Å². The molecule has 128 valence electrons. The van der Waals surface area contributed by atoms with E-state index in [-0.39, 0.29) is 12.6 Å². The zero-order valence-corrected chi connectivity index (χ0v) is 14.3. The molecule has 0 radical (unpaired) electrons. The summed E-state index contributed by atoms with van der Waals surface area (Å²) in [7, 11) is 2.09. The van der Waals surface area contributed by atoms with Crippen LogP contribution >= 0.6 is 0 Å². The molecule has 0 unspecified atom stereocenters. The van der Waals surface area contributed by atoms with Crippen molar-refractivity contribution >= 4 is 6.03 Å². The number of carbonyl (C=O) groups is 1. The van der Waals surface area contributed by atoms with Crippen molar-refractivity contribution in [3.63, 3.8) is 0 Å². The van der Waals surface area contributed by atoms with Crippen LogP contribution in [0.5, 0.6) is 0 Å². The van der Waals surface area contributed by atoms with Gasteiger partial charge < -0.3 is 20.6 Å². The number of urea groups is 1. The molecule has 0 atom stereocenters. The van der Waals surface area contributed by atoms with Gasteiger partial charge in [-0.1, -0.05) is 44.0 Å². The molecule has 0 bridgehead atoms. The number of nitrogens with zero attached hydrogens (tertiary/aromatic N) is 1. The van der Waals surface area contributed by atoms with E-state index in [0.29, 0.717) is 6.54 Å². The van der Waals surface area contributed by atoms with E-state index in [1.54, 1.807) is 0 Å². The summed E-state index contributed by atoms with van der Waals surface area (Å²) in [6.45, 7) is 4.56. The zero-order valence-electron chi connectivity index (χ0n) is 14.3. The van der Waals surface area contributed by atoms with E-state index in [9.17, 15) is 9.90 Å². The average molecular weight is 319 g/mol. The Morgan fingerprint density at radius 1 is 1.30 bits per heavy atom. The lowest BCUT2D eigenvalue weighted by Crippen LogP contribution is -2.52. The standard InChI is InChI=1S/C18H29N3O2/c1-3-21(2)13-16-8-6-7-15(11-16)12-19-17(23)20-18(14-22)9-4-5-10-18/h6-8,11,22H,3-5,9-10,12-14H2,1-2H3,(H2,19,20,23). The van der Waals surface area contributed by atoms with Crippen LogP contribution < -0.4 is 10.6 Å². The smallest absolute Gasteiger partial charge is 0.315 e. The lowest BCUT2D eigenvalue weighted by molar-refractivity contribution is 0.163. The first-order valence-electron chi connectivity index (χ1n) is 8.50. The SMILES string of the molecule is CCN(C)Cc1cccc(CNC(=O)NC2(CO)CCCC2)c1. The lowest BCUT2D eigenvalue weighted by Gasteiger charge is -2.28. The minimum atomic E-state index is -0.421.